The maximum absolute atomic E-state index is 12.1. The summed E-state index contributed by atoms with van der Waals surface area (Å²) in [5.74, 6) is 1.51. The summed E-state index contributed by atoms with van der Waals surface area (Å²) in [6.45, 7) is 1.82. The van der Waals surface area contributed by atoms with Crippen molar-refractivity contribution >= 4 is 18.2 Å². The number of hydrogen-bond donors (Lipinski definition) is 2. The maximum atomic E-state index is 12.1. The Morgan fingerprint density at radius 1 is 1.16 bits per heavy atom. The minimum atomic E-state index is -0.587. The van der Waals surface area contributed by atoms with Crippen LogP contribution in [0, 0.1) is 5.92 Å². The summed E-state index contributed by atoms with van der Waals surface area (Å²) in [6, 6.07) is 16.5. The van der Waals surface area contributed by atoms with E-state index in [2.05, 4.69) is 15.5 Å². The second kappa shape index (κ2) is 11.7. The molecule has 3 rings (SSSR count). The number of carbonyl (C=O) groups excluding carboxylic acids is 1. The standard InChI is InChI=1S/C24H27N3O5/c1-17(21(15-28)25-24(29)31-16-19-6-4-3-5-7-19)14-22-26-23(32-27-22)13-10-18-8-11-20(30-2)12-9-18/h3-13,17,21,28H,14-16H2,1-2H3,(H,25,29). The first-order valence-corrected chi connectivity index (χ1v) is 10.3. The number of amides is 1. The largest absolute Gasteiger partial charge is 0.497 e. The zero-order chi connectivity index (χ0) is 22.8. The lowest BCUT2D eigenvalue weighted by molar-refractivity contribution is 0.121. The highest BCUT2D eigenvalue weighted by Gasteiger charge is 2.22. The Kier molecular flexibility index (Phi) is 8.39. The Morgan fingerprint density at radius 3 is 2.59 bits per heavy atom. The zero-order valence-electron chi connectivity index (χ0n) is 18.1. The molecule has 8 heteroatoms. The van der Waals surface area contributed by atoms with E-state index in [1.54, 1.807) is 13.2 Å². The molecule has 0 aliphatic heterocycles. The molecule has 1 amide bonds. The third-order valence-corrected chi connectivity index (χ3v) is 4.92. The lowest BCUT2D eigenvalue weighted by atomic mass is 9.99. The van der Waals surface area contributed by atoms with Crippen LogP contribution in [-0.4, -0.2) is 41.1 Å². The van der Waals surface area contributed by atoms with Crippen LogP contribution in [0.1, 0.15) is 29.8 Å². The number of aromatic nitrogens is 2. The first-order chi connectivity index (χ1) is 15.6. The van der Waals surface area contributed by atoms with Crippen molar-refractivity contribution in [1.82, 2.24) is 15.5 Å². The molecule has 0 radical (unpaired) electrons. The van der Waals surface area contributed by atoms with E-state index in [9.17, 15) is 9.90 Å². The fraction of sp³-hybridized carbons (Fsp3) is 0.292. The van der Waals surface area contributed by atoms with Gasteiger partial charge in [0.2, 0.25) is 0 Å². The van der Waals surface area contributed by atoms with E-state index in [-0.39, 0.29) is 19.1 Å². The van der Waals surface area contributed by atoms with E-state index in [0.29, 0.717) is 18.1 Å². The van der Waals surface area contributed by atoms with E-state index in [0.717, 1.165) is 16.9 Å². The number of aliphatic hydroxyl groups is 1. The summed E-state index contributed by atoms with van der Waals surface area (Å²) in [5.41, 5.74) is 1.86. The van der Waals surface area contributed by atoms with Crippen molar-refractivity contribution in [3.05, 3.63) is 77.4 Å². The van der Waals surface area contributed by atoms with Crippen molar-refractivity contribution in [2.24, 2.45) is 5.92 Å². The molecule has 2 aromatic carbocycles. The van der Waals surface area contributed by atoms with Crippen molar-refractivity contribution < 1.29 is 23.9 Å². The van der Waals surface area contributed by atoms with Crippen LogP contribution < -0.4 is 10.1 Å². The van der Waals surface area contributed by atoms with Gasteiger partial charge < -0.3 is 24.4 Å². The first kappa shape index (κ1) is 23.0. The van der Waals surface area contributed by atoms with E-state index < -0.39 is 12.1 Å². The highest BCUT2D eigenvalue weighted by molar-refractivity contribution is 5.67. The quantitative estimate of drug-likeness (QED) is 0.498. The highest BCUT2D eigenvalue weighted by atomic mass is 16.5. The number of methoxy groups -OCH3 is 1. The second-order valence-electron chi connectivity index (χ2n) is 7.33. The molecule has 0 spiro atoms. The van der Waals surface area contributed by atoms with Gasteiger partial charge in [-0.25, -0.2) is 4.79 Å². The number of ether oxygens (including phenoxy) is 2. The third kappa shape index (κ3) is 6.95. The van der Waals surface area contributed by atoms with Crippen LogP contribution in [-0.2, 0) is 17.8 Å². The maximum Gasteiger partial charge on any atom is 0.407 e. The predicted octanol–water partition coefficient (Wildman–Crippen LogP) is 3.71. The molecule has 0 bridgehead atoms. The Balaban J connectivity index is 1.50. The number of benzene rings is 2. The summed E-state index contributed by atoms with van der Waals surface area (Å²) in [5, 5.41) is 16.4. The van der Waals surface area contributed by atoms with Crippen LogP contribution in [0.25, 0.3) is 12.2 Å². The van der Waals surface area contributed by atoms with Gasteiger partial charge in [0.25, 0.3) is 5.89 Å². The molecule has 0 fully saturated rings. The fourth-order valence-electron chi connectivity index (χ4n) is 3.01. The number of rotatable bonds is 10. The molecule has 168 valence electrons. The molecule has 2 N–H and O–H groups in total. The molecule has 2 unspecified atom stereocenters. The number of nitrogens with one attached hydrogen (secondary N) is 1. The summed E-state index contributed by atoms with van der Waals surface area (Å²) >= 11 is 0. The molecule has 1 aromatic heterocycles. The molecular weight excluding hydrogens is 410 g/mol. The summed E-state index contributed by atoms with van der Waals surface area (Å²) < 4.78 is 15.6. The number of nitrogens with zero attached hydrogens (tertiary/aromatic N) is 2. The average molecular weight is 437 g/mol. The van der Waals surface area contributed by atoms with Gasteiger partial charge >= 0.3 is 6.09 Å². The highest BCUT2D eigenvalue weighted by Crippen LogP contribution is 2.15. The van der Waals surface area contributed by atoms with Crippen molar-refractivity contribution in [2.75, 3.05) is 13.7 Å². The van der Waals surface area contributed by atoms with Crippen LogP contribution in [0.15, 0.2) is 59.1 Å². The van der Waals surface area contributed by atoms with Crippen molar-refractivity contribution in [3.8, 4) is 5.75 Å². The van der Waals surface area contributed by atoms with Crippen LogP contribution in [0.4, 0.5) is 4.79 Å². The van der Waals surface area contributed by atoms with E-state index >= 15 is 0 Å². The number of hydrogen-bond acceptors (Lipinski definition) is 7. The van der Waals surface area contributed by atoms with Crippen LogP contribution in [0.5, 0.6) is 5.75 Å². The molecule has 3 aromatic rings. The smallest absolute Gasteiger partial charge is 0.407 e. The van der Waals surface area contributed by atoms with Crippen molar-refractivity contribution in [1.29, 1.82) is 0 Å². The van der Waals surface area contributed by atoms with Gasteiger partial charge in [0.1, 0.15) is 12.4 Å². The monoisotopic (exact) mass is 437 g/mol. The molecule has 32 heavy (non-hydrogen) atoms. The normalized spacial score (nSPS) is 13.0. The molecule has 0 saturated carbocycles. The van der Waals surface area contributed by atoms with Gasteiger partial charge in [-0.15, -0.1) is 0 Å². The molecule has 0 aliphatic rings. The summed E-state index contributed by atoms with van der Waals surface area (Å²) in [4.78, 5) is 16.5. The molecule has 0 aliphatic carbocycles. The molecular formula is C24H27N3O5. The van der Waals surface area contributed by atoms with Crippen molar-refractivity contribution in [3.63, 3.8) is 0 Å². The topological polar surface area (TPSA) is 107 Å². The minimum absolute atomic E-state index is 0.139. The van der Waals surface area contributed by atoms with Gasteiger partial charge in [-0.05, 0) is 35.3 Å². The van der Waals surface area contributed by atoms with Gasteiger partial charge in [0, 0.05) is 12.5 Å². The zero-order valence-corrected chi connectivity index (χ0v) is 18.1. The molecule has 1 heterocycles. The Bertz CT molecular complexity index is 1000. The average Bonchev–Trinajstić information content (AvgIpc) is 3.28. The lowest BCUT2D eigenvalue weighted by Gasteiger charge is -2.21. The first-order valence-electron chi connectivity index (χ1n) is 10.3. The van der Waals surface area contributed by atoms with E-state index in [1.165, 1.54) is 0 Å². The third-order valence-electron chi connectivity index (χ3n) is 4.92. The van der Waals surface area contributed by atoms with Crippen LogP contribution in [0.2, 0.25) is 0 Å². The Morgan fingerprint density at radius 2 is 1.91 bits per heavy atom. The fourth-order valence-corrected chi connectivity index (χ4v) is 3.01. The van der Waals surface area contributed by atoms with Crippen LogP contribution >= 0.6 is 0 Å². The van der Waals surface area contributed by atoms with Gasteiger partial charge in [0.15, 0.2) is 5.82 Å². The Hall–Kier alpha value is -3.65. The Labute approximate surface area is 186 Å². The number of alkyl carbamates (subject to hydrolysis) is 1. The van der Waals surface area contributed by atoms with Gasteiger partial charge in [-0.2, -0.15) is 4.98 Å². The molecule has 8 nitrogen and oxygen atoms in total. The van der Waals surface area contributed by atoms with E-state index in [4.69, 9.17) is 14.0 Å². The van der Waals surface area contributed by atoms with Gasteiger partial charge in [0.05, 0.1) is 19.8 Å². The molecule has 0 saturated heterocycles. The second-order valence-corrected chi connectivity index (χ2v) is 7.33. The number of aliphatic hydroxyl groups excluding tert-OH is 1. The lowest BCUT2D eigenvalue weighted by Crippen LogP contribution is -2.43. The van der Waals surface area contributed by atoms with Gasteiger partial charge in [-0.3, -0.25) is 0 Å². The summed E-state index contributed by atoms with van der Waals surface area (Å²) in [7, 11) is 1.62. The SMILES string of the molecule is COc1ccc(C=Cc2nc(CC(C)C(CO)NC(=O)OCc3ccccc3)no2)cc1. The van der Waals surface area contributed by atoms with E-state index in [1.807, 2.05) is 67.6 Å². The van der Waals surface area contributed by atoms with Crippen molar-refractivity contribution in [2.45, 2.75) is 26.0 Å². The summed E-state index contributed by atoms with van der Waals surface area (Å²) in [6.07, 6.45) is 3.42. The van der Waals surface area contributed by atoms with Crippen LogP contribution in [0.3, 0.4) is 0 Å². The van der Waals surface area contributed by atoms with Gasteiger partial charge in [-0.1, -0.05) is 54.5 Å². The predicted molar refractivity (Wildman–Crippen MR) is 120 cm³/mol. The number of carbonyl (C=O) groups is 1. The minimum Gasteiger partial charge on any atom is -0.497 e. The molecule has 2 atom stereocenters.